The number of rotatable bonds is 5. The number of benzene rings is 1. The minimum atomic E-state index is -4.80. The molecule has 1 atom stereocenters. The number of nitrogens with two attached hydrogens (primary N) is 1. The summed E-state index contributed by atoms with van der Waals surface area (Å²) in [5.41, 5.74) is 3.07. The fourth-order valence-corrected chi connectivity index (χ4v) is 3.46. The maximum atomic E-state index is 13.7. The summed E-state index contributed by atoms with van der Waals surface area (Å²) in [4.78, 5) is 23.9. The number of halogens is 3. The molecule has 1 aromatic carbocycles. The highest BCUT2D eigenvalue weighted by atomic mass is 19.4. The first-order valence-corrected chi connectivity index (χ1v) is 9.72. The second-order valence-corrected chi connectivity index (χ2v) is 7.59. The van der Waals surface area contributed by atoms with E-state index in [0.29, 0.717) is 37.3 Å². The Morgan fingerprint density at radius 1 is 1.44 bits per heavy atom. The fraction of sp³-hybridized carbons (Fsp3) is 0.381. The van der Waals surface area contributed by atoms with Crippen LogP contribution in [0.15, 0.2) is 18.2 Å². The minimum Gasteiger partial charge on any atom is -0.491 e. The molecule has 0 aliphatic carbocycles. The normalized spacial score (nSPS) is 18.9. The number of primary amides is 1. The lowest BCUT2D eigenvalue weighted by atomic mass is 10.1. The van der Waals surface area contributed by atoms with Crippen molar-refractivity contribution >= 4 is 12.3 Å². The average molecular weight is 448 g/mol. The van der Waals surface area contributed by atoms with E-state index in [1.165, 1.54) is 4.90 Å². The summed E-state index contributed by atoms with van der Waals surface area (Å²) >= 11 is 0. The molecule has 2 aliphatic rings. The quantitative estimate of drug-likeness (QED) is 0.425. The fourth-order valence-electron chi connectivity index (χ4n) is 3.46. The van der Waals surface area contributed by atoms with Gasteiger partial charge in [0.2, 0.25) is 6.41 Å². The zero-order valence-electron chi connectivity index (χ0n) is 17.0. The van der Waals surface area contributed by atoms with Gasteiger partial charge in [0.25, 0.3) is 5.91 Å². The summed E-state index contributed by atoms with van der Waals surface area (Å²) in [5.74, 6) is 5.06. The van der Waals surface area contributed by atoms with Crippen molar-refractivity contribution in [3.63, 3.8) is 0 Å². The van der Waals surface area contributed by atoms with Crippen LogP contribution in [0.2, 0.25) is 0 Å². The van der Waals surface area contributed by atoms with Crippen LogP contribution in [-0.2, 0) is 22.1 Å². The van der Waals surface area contributed by atoms with E-state index in [-0.39, 0.29) is 24.4 Å². The predicted molar refractivity (Wildman–Crippen MR) is 105 cm³/mol. The molecule has 32 heavy (non-hydrogen) atoms. The van der Waals surface area contributed by atoms with Gasteiger partial charge in [0.1, 0.15) is 17.0 Å². The van der Waals surface area contributed by atoms with Gasteiger partial charge in [0.15, 0.2) is 11.3 Å². The van der Waals surface area contributed by atoms with Gasteiger partial charge in [0, 0.05) is 32.0 Å². The summed E-state index contributed by atoms with van der Waals surface area (Å²) in [6.07, 6.45) is -3.66. The Bertz CT molecular complexity index is 1140. The molecule has 1 aromatic heterocycles. The zero-order valence-corrected chi connectivity index (χ0v) is 17.0. The number of fused-ring (bicyclic) bond motifs is 3. The van der Waals surface area contributed by atoms with Gasteiger partial charge in [-0.25, -0.2) is 4.68 Å². The van der Waals surface area contributed by atoms with Crippen LogP contribution in [0.4, 0.5) is 13.2 Å². The maximum Gasteiger partial charge on any atom is 0.420 e. The summed E-state index contributed by atoms with van der Waals surface area (Å²) in [5, 5.41) is 3.87. The van der Waals surface area contributed by atoms with Gasteiger partial charge in [0.05, 0.1) is 18.9 Å². The SMILES string of the molecule is CN(C=O)CCC1(C#Cc2ccc3c(c2)-n2nc(C(N)=O)c(C(F)(F)F)c2CCO3)CO1. The van der Waals surface area contributed by atoms with E-state index in [1.807, 2.05) is 0 Å². The molecule has 168 valence electrons. The van der Waals surface area contributed by atoms with E-state index < -0.39 is 28.9 Å². The third-order valence-electron chi connectivity index (χ3n) is 5.26. The van der Waals surface area contributed by atoms with Gasteiger partial charge in [-0.15, -0.1) is 0 Å². The molecule has 4 rings (SSSR count). The van der Waals surface area contributed by atoms with Crippen LogP contribution in [0, 0.1) is 11.8 Å². The van der Waals surface area contributed by atoms with Crippen molar-refractivity contribution in [3.8, 4) is 23.3 Å². The molecule has 0 saturated carbocycles. The average Bonchev–Trinajstić information content (AvgIpc) is 3.44. The number of aromatic nitrogens is 2. The van der Waals surface area contributed by atoms with E-state index in [4.69, 9.17) is 15.2 Å². The Morgan fingerprint density at radius 3 is 2.81 bits per heavy atom. The van der Waals surface area contributed by atoms with Crippen LogP contribution >= 0.6 is 0 Å². The number of carbonyl (C=O) groups excluding carboxylic acids is 2. The van der Waals surface area contributed by atoms with E-state index in [0.717, 1.165) is 4.68 Å². The monoisotopic (exact) mass is 448 g/mol. The molecule has 2 N–H and O–H groups in total. The first-order chi connectivity index (χ1) is 15.1. The first kappa shape index (κ1) is 21.7. The van der Waals surface area contributed by atoms with E-state index in [9.17, 15) is 22.8 Å². The largest absolute Gasteiger partial charge is 0.491 e. The number of epoxide rings is 1. The zero-order chi connectivity index (χ0) is 23.1. The lowest BCUT2D eigenvalue weighted by molar-refractivity contribution is -0.138. The predicted octanol–water partition coefficient (Wildman–Crippen LogP) is 1.52. The molecule has 2 aliphatic heterocycles. The van der Waals surface area contributed by atoms with Crippen molar-refractivity contribution < 1.29 is 32.2 Å². The Balaban J connectivity index is 1.72. The lowest BCUT2D eigenvalue weighted by Gasteiger charge is -2.11. The molecule has 2 amide bonds. The van der Waals surface area contributed by atoms with Crippen molar-refractivity contribution in [2.75, 3.05) is 26.8 Å². The number of nitrogens with zero attached hydrogens (tertiary/aromatic N) is 3. The standard InChI is InChI=1S/C21H19F3N4O4/c1-27(12-29)8-7-20(11-32-20)6-4-13-2-3-16-15(10-13)28-14(5-9-31-16)17(21(22,23)24)18(26-28)19(25)30/h2-3,10,12H,5,7-9,11H2,1H3,(H2,25,30). The van der Waals surface area contributed by atoms with Crippen LogP contribution in [0.1, 0.15) is 33.7 Å². The number of carbonyl (C=O) groups is 2. The number of ether oxygens (including phenoxy) is 2. The van der Waals surface area contributed by atoms with Crippen molar-refractivity contribution in [1.29, 1.82) is 0 Å². The molecular weight excluding hydrogens is 429 g/mol. The van der Waals surface area contributed by atoms with E-state index in [1.54, 1.807) is 25.2 Å². The van der Waals surface area contributed by atoms with Gasteiger partial charge in [-0.05, 0) is 18.2 Å². The molecule has 0 spiro atoms. The van der Waals surface area contributed by atoms with Gasteiger partial charge in [-0.3, -0.25) is 9.59 Å². The molecule has 0 bridgehead atoms. The van der Waals surface area contributed by atoms with Gasteiger partial charge < -0.3 is 20.1 Å². The lowest BCUT2D eigenvalue weighted by Crippen LogP contribution is -2.22. The molecule has 1 fully saturated rings. The number of hydrogen-bond acceptors (Lipinski definition) is 5. The molecular formula is C21H19F3N4O4. The van der Waals surface area contributed by atoms with Crippen molar-refractivity contribution in [2.24, 2.45) is 5.73 Å². The molecule has 3 heterocycles. The molecule has 1 saturated heterocycles. The second-order valence-electron chi connectivity index (χ2n) is 7.59. The van der Waals surface area contributed by atoms with Crippen LogP contribution in [0.25, 0.3) is 5.69 Å². The Kier molecular flexibility index (Phi) is 5.34. The summed E-state index contributed by atoms with van der Waals surface area (Å²) < 4.78 is 53.1. The number of alkyl halides is 3. The highest BCUT2D eigenvalue weighted by Gasteiger charge is 2.43. The highest BCUT2D eigenvalue weighted by Crippen LogP contribution is 2.38. The van der Waals surface area contributed by atoms with Crippen molar-refractivity contribution in [3.05, 3.63) is 40.7 Å². The Morgan fingerprint density at radius 2 is 2.19 bits per heavy atom. The smallest absolute Gasteiger partial charge is 0.420 e. The second kappa shape index (κ2) is 7.87. The van der Waals surface area contributed by atoms with E-state index >= 15 is 0 Å². The Labute approximate surface area is 181 Å². The van der Waals surface area contributed by atoms with E-state index in [2.05, 4.69) is 16.9 Å². The van der Waals surface area contributed by atoms with Gasteiger partial charge in [-0.2, -0.15) is 18.3 Å². The topological polar surface area (TPSA) is 103 Å². The molecule has 2 aromatic rings. The maximum absolute atomic E-state index is 13.7. The van der Waals surface area contributed by atoms with Crippen LogP contribution in [0.5, 0.6) is 5.75 Å². The van der Waals surface area contributed by atoms with Gasteiger partial charge in [-0.1, -0.05) is 11.8 Å². The summed E-state index contributed by atoms with van der Waals surface area (Å²) in [7, 11) is 1.65. The van der Waals surface area contributed by atoms with Crippen LogP contribution in [-0.4, -0.2) is 59.4 Å². The summed E-state index contributed by atoms with van der Waals surface area (Å²) in [6, 6.07) is 4.81. The highest BCUT2D eigenvalue weighted by molar-refractivity contribution is 5.93. The first-order valence-electron chi connectivity index (χ1n) is 9.72. The summed E-state index contributed by atoms with van der Waals surface area (Å²) in [6.45, 7) is 0.885. The van der Waals surface area contributed by atoms with Crippen molar-refractivity contribution in [1.82, 2.24) is 14.7 Å². The molecule has 8 nitrogen and oxygen atoms in total. The molecule has 1 unspecified atom stereocenters. The van der Waals surface area contributed by atoms with Gasteiger partial charge >= 0.3 is 6.18 Å². The Hall–Kier alpha value is -3.52. The van der Waals surface area contributed by atoms with Crippen molar-refractivity contribution in [2.45, 2.75) is 24.6 Å². The third-order valence-corrected chi connectivity index (χ3v) is 5.26. The van der Waals surface area contributed by atoms with Crippen LogP contribution in [0.3, 0.4) is 0 Å². The number of amides is 2. The number of hydrogen-bond donors (Lipinski definition) is 1. The third kappa shape index (κ3) is 4.13. The minimum absolute atomic E-state index is 0.0216. The molecule has 11 heteroatoms. The van der Waals surface area contributed by atoms with Crippen LogP contribution < -0.4 is 10.5 Å². The molecule has 0 radical (unpaired) electrons.